The number of nitrogens with two attached hydrogens (primary N) is 1. The first kappa shape index (κ1) is 18.1. The van der Waals surface area contributed by atoms with E-state index in [4.69, 9.17) is 19.9 Å². The summed E-state index contributed by atoms with van der Waals surface area (Å²) in [7, 11) is 5.80. The molecule has 0 saturated heterocycles. The second-order valence-electron chi connectivity index (χ2n) is 5.96. The van der Waals surface area contributed by atoms with E-state index in [2.05, 4.69) is 0 Å². The van der Waals surface area contributed by atoms with Gasteiger partial charge in [0.05, 0.1) is 25.7 Å². The van der Waals surface area contributed by atoms with Crippen molar-refractivity contribution >= 4 is 0 Å². The summed E-state index contributed by atoms with van der Waals surface area (Å²) < 4.78 is 18.3. The van der Waals surface area contributed by atoms with Crippen LogP contribution in [0.1, 0.15) is 17.0 Å². The molecule has 0 spiro atoms. The zero-order valence-corrected chi connectivity index (χ0v) is 15.3. The molecule has 2 heterocycles. The summed E-state index contributed by atoms with van der Waals surface area (Å²) in [6.45, 7) is 0. The third-order valence-electron chi connectivity index (χ3n) is 4.56. The molecule has 1 aromatic heterocycles. The number of nitrogens with zero attached hydrogens (tertiary/aromatic N) is 3. The molecule has 2 aromatic rings. The van der Waals surface area contributed by atoms with Crippen LogP contribution in [0.5, 0.6) is 17.4 Å². The first-order valence-corrected chi connectivity index (χ1v) is 7.95. The molecule has 0 saturated carbocycles. The maximum atomic E-state index is 12.9. The molecule has 0 radical (unpaired) electrons. The van der Waals surface area contributed by atoms with Gasteiger partial charge in [0.15, 0.2) is 0 Å². The summed E-state index contributed by atoms with van der Waals surface area (Å²) >= 11 is 0. The van der Waals surface area contributed by atoms with Crippen LogP contribution >= 0.6 is 0 Å². The second-order valence-corrected chi connectivity index (χ2v) is 5.96. The molecule has 0 fully saturated rings. The lowest BCUT2D eigenvalue weighted by Gasteiger charge is -2.28. The minimum atomic E-state index is -0.880. The first-order chi connectivity index (χ1) is 12.8. The number of ether oxygens (including phenoxy) is 3. The molecule has 0 aliphatic carbocycles. The molecule has 140 valence electrons. The maximum absolute atomic E-state index is 12.9. The Morgan fingerprint density at radius 2 is 1.89 bits per heavy atom. The molecule has 0 amide bonds. The normalized spacial score (nSPS) is 15.6. The molecule has 0 bridgehead atoms. The third-order valence-corrected chi connectivity index (χ3v) is 4.56. The topological polar surface area (TPSA) is 122 Å². The second kappa shape index (κ2) is 6.57. The van der Waals surface area contributed by atoms with E-state index in [0.29, 0.717) is 17.1 Å². The number of hydrogen-bond donors (Lipinski definition) is 1. The molecular weight excluding hydrogens is 352 g/mol. The van der Waals surface area contributed by atoms with E-state index in [0.717, 1.165) is 4.57 Å². The number of aromatic nitrogens is 2. The number of hydrogen-bond acceptors (Lipinski definition) is 7. The summed E-state index contributed by atoms with van der Waals surface area (Å²) in [4.78, 5) is 25.2. The van der Waals surface area contributed by atoms with Crippen molar-refractivity contribution in [2.24, 2.45) is 19.8 Å². The van der Waals surface area contributed by atoms with Crippen molar-refractivity contribution in [2.45, 2.75) is 5.92 Å². The molecule has 1 aliphatic rings. The van der Waals surface area contributed by atoms with Gasteiger partial charge in [0.1, 0.15) is 23.1 Å². The highest BCUT2D eigenvalue weighted by molar-refractivity contribution is 5.57. The lowest BCUT2D eigenvalue weighted by molar-refractivity contribution is 0.345. The van der Waals surface area contributed by atoms with Crippen molar-refractivity contribution in [3.63, 3.8) is 0 Å². The average Bonchev–Trinajstić information content (AvgIpc) is 2.69. The summed E-state index contributed by atoms with van der Waals surface area (Å²) in [6, 6.07) is 7.03. The van der Waals surface area contributed by atoms with E-state index in [-0.39, 0.29) is 22.9 Å². The summed E-state index contributed by atoms with van der Waals surface area (Å²) in [5.74, 6) is -0.117. The number of nitriles is 1. The quantitative estimate of drug-likeness (QED) is 0.825. The van der Waals surface area contributed by atoms with E-state index in [1.807, 2.05) is 6.07 Å². The molecular formula is C18H18N4O5. The highest BCUT2D eigenvalue weighted by Crippen LogP contribution is 2.43. The Kier molecular flexibility index (Phi) is 4.41. The van der Waals surface area contributed by atoms with E-state index >= 15 is 0 Å². The monoisotopic (exact) mass is 370 g/mol. The minimum absolute atomic E-state index is 0.00512. The SMILES string of the molecule is COc1ccc(OC)c(C2C(C#N)=C(N)Oc3c2c(=O)n(C)c(=O)n3C)c1. The van der Waals surface area contributed by atoms with Gasteiger partial charge >= 0.3 is 5.69 Å². The highest BCUT2D eigenvalue weighted by atomic mass is 16.5. The van der Waals surface area contributed by atoms with Crippen molar-refractivity contribution in [1.82, 2.24) is 9.13 Å². The van der Waals surface area contributed by atoms with Crippen molar-refractivity contribution in [1.29, 1.82) is 5.26 Å². The molecule has 9 nitrogen and oxygen atoms in total. The number of allylic oxidation sites excluding steroid dienone is 1. The summed E-state index contributed by atoms with van der Waals surface area (Å²) in [5, 5.41) is 9.68. The van der Waals surface area contributed by atoms with Gasteiger partial charge in [-0.1, -0.05) is 0 Å². The third kappa shape index (κ3) is 2.62. The Labute approximate surface area is 154 Å². The van der Waals surface area contributed by atoms with Crippen LogP contribution < -0.4 is 31.2 Å². The van der Waals surface area contributed by atoms with Gasteiger partial charge in [-0.3, -0.25) is 13.9 Å². The van der Waals surface area contributed by atoms with Crippen LogP contribution in [0.25, 0.3) is 0 Å². The fourth-order valence-corrected chi connectivity index (χ4v) is 3.16. The van der Waals surface area contributed by atoms with Gasteiger partial charge in [-0.25, -0.2) is 4.79 Å². The van der Waals surface area contributed by atoms with Crippen LogP contribution in [-0.4, -0.2) is 23.4 Å². The Bertz CT molecular complexity index is 1120. The molecule has 1 aromatic carbocycles. The van der Waals surface area contributed by atoms with Gasteiger partial charge < -0.3 is 19.9 Å². The van der Waals surface area contributed by atoms with Crippen molar-refractivity contribution in [3.05, 3.63) is 61.6 Å². The zero-order chi connectivity index (χ0) is 19.9. The van der Waals surface area contributed by atoms with Crippen LogP contribution in [0.2, 0.25) is 0 Å². The predicted molar refractivity (Wildman–Crippen MR) is 95.8 cm³/mol. The van der Waals surface area contributed by atoms with Crippen molar-refractivity contribution in [3.8, 4) is 23.4 Å². The van der Waals surface area contributed by atoms with E-state index in [1.54, 1.807) is 18.2 Å². The van der Waals surface area contributed by atoms with Gasteiger partial charge in [-0.2, -0.15) is 5.26 Å². The van der Waals surface area contributed by atoms with Crippen LogP contribution in [0.3, 0.4) is 0 Å². The molecule has 9 heteroatoms. The first-order valence-electron chi connectivity index (χ1n) is 7.95. The Morgan fingerprint density at radius 3 is 2.48 bits per heavy atom. The van der Waals surface area contributed by atoms with Gasteiger partial charge in [0.2, 0.25) is 11.8 Å². The Balaban J connectivity index is 2.46. The zero-order valence-electron chi connectivity index (χ0n) is 15.3. The van der Waals surface area contributed by atoms with E-state index < -0.39 is 17.2 Å². The smallest absolute Gasteiger partial charge is 0.333 e. The van der Waals surface area contributed by atoms with Crippen LogP contribution in [0.4, 0.5) is 0 Å². The van der Waals surface area contributed by atoms with Crippen molar-refractivity contribution in [2.75, 3.05) is 14.2 Å². The summed E-state index contributed by atoms with van der Waals surface area (Å²) in [6.07, 6.45) is 0. The lowest BCUT2D eigenvalue weighted by Crippen LogP contribution is -2.42. The van der Waals surface area contributed by atoms with Crippen LogP contribution in [-0.2, 0) is 14.1 Å². The maximum Gasteiger partial charge on any atom is 0.333 e. The molecule has 27 heavy (non-hydrogen) atoms. The van der Waals surface area contributed by atoms with Gasteiger partial charge in [0, 0.05) is 19.7 Å². The number of benzene rings is 1. The van der Waals surface area contributed by atoms with Gasteiger partial charge in [0.25, 0.3) is 5.56 Å². The Morgan fingerprint density at radius 1 is 1.19 bits per heavy atom. The fourth-order valence-electron chi connectivity index (χ4n) is 3.16. The van der Waals surface area contributed by atoms with E-state index in [9.17, 15) is 14.9 Å². The largest absolute Gasteiger partial charge is 0.497 e. The highest BCUT2D eigenvalue weighted by Gasteiger charge is 2.37. The van der Waals surface area contributed by atoms with Crippen LogP contribution in [0.15, 0.2) is 39.2 Å². The van der Waals surface area contributed by atoms with Gasteiger partial charge in [-0.05, 0) is 18.2 Å². The minimum Gasteiger partial charge on any atom is -0.497 e. The number of rotatable bonds is 3. The molecule has 3 rings (SSSR count). The molecule has 2 N–H and O–H groups in total. The van der Waals surface area contributed by atoms with E-state index in [1.165, 1.54) is 32.9 Å². The average molecular weight is 370 g/mol. The van der Waals surface area contributed by atoms with Crippen molar-refractivity contribution < 1.29 is 14.2 Å². The molecule has 1 atom stereocenters. The number of methoxy groups -OCH3 is 2. The molecule has 1 unspecified atom stereocenters. The summed E-state index contributed by atoms with van der Waals surface area (Å²) in [5.41, 5.74) is 5.46. The standard InChI is InChI=1S/C18H18N4O5/c1-21-16(23)14-13(10-7-9(25-3)5-6-12(10)26-4)11(8-19)15(20)27-17(14)22(2)18(21)24/h5-7,13H,20H2,1-4H3. The predicted octanol–water partition coefficient (Wildman–Crippen LogP) is 0.319. The van der Waals surface area contributed by atoms with Crippen LogP contribution in [0, 0.1) is 11.3 Å². The molecule has 1 aliphatic heterocycles. The fraction of sp³-hybridized carbons (Fsp3) is 0.278. The van der Waals surface area contributed by atoms with Gasteiger partial charge in [-0.15, -0.1) is 0 Å². The number of fused-ring (bicyclic) bond motifs is 1. The Hall–Kier alpha value is -3.67. The lowest BCUT2D eigenvalue weighted by atomic mass is 9.84.